The highest BCUT2D eigenvalue weighted by molar-refractivity contribution is 6.96. The average molecular weight is 495 g/mol. The maximum absolute atomic E-state index is 4.63. The van der Waals surface area contributed by atoms with Crippen molar-refractivity contribution in [3.05, 3.63) is 131 Å². The minimum absolute atomic E-state index is 0.142. The Hall–Kier alpha value is -4.18. The Morgan fingerprint density at radius 3 is 1.32 bits per heavy atom. The molecule has 0 atom stereocenters. The molecule has 0 aliphatic rings. The highest BCUT2D eigenvalue weighted by Gasteiger charge is 2.28. The highest BCUT2D eigenvalue weighted by Crippen LogP contribution is 2.30. The summed E-state index contributed by atoms with van der Waals surface area (Å²) in [5, 5.41) is 0. The zero-order valence-corrected chi connectivity index (χ0v) is 23.2. The van der Waals surface area contributed by atoms with E-state index in [2.05, 4.69) is 105 Å². The van der Waals surface area contributed by atoms with Crippen LogP contribution in [-0.4, -0.2) is 16.7 Å². The molecule has 0 fully saturated rings. The van der Waals surface area contributed by atoms with E-state index in [1.807, 2.05) is 48.8 Å². The van der Waals surface area contributed by atoms with Crippen molar-refractivity contribution >= 4 is 40.4 Å². The third kappa shape index (κ3) is 4.99. The molecule has 2 heterocycles. The van der Waals surface area contributed by atoms with E-state index in [9.17, 15) is 0 Å². The molecule has 0 saturated carbocycles. The number of hydrogen-bond donors (Lipinski definition) is 0. The SMILES string of the molecule is Cc1cc(C)c(B(c2ccc(N(c3ccccn3)c3ccccn3)cc2)c2c(C)cc(C)cc2C)c(C)c1. The maximum atomic E-state index is 4.63. The van der Waals surface area contributed by atoms with Crippen molar-refractivity contribution in [2.24, 2.45) is 0 Å². The van der Waals surface area contributed by atoms with Gasteiger partial charge in [-0.25, -0.2) is 9.97 Å². The summed E-state index contributed by atoms with van der Waals surface area (Å²) in [6, 6.07) is 30.1. The van der Waals surface area contributed by atoms with Gasteiger partial charge >= 0.3 is 0 Å². The van der Waals surface area contributed by atoms with E-state index in [1.54, 1.807) is 0 Å². The molecule has 5 rings (SSSR count). The highest BCUT2D eigenvalue weighted by atomic mass is 15.2. The van der Waals surface area contributed by atoms with Crippen molar-refractivity contribution in [3.63, 3.8) is 0 Å². The van der Waals surface area contributed by atoms with Crippen LogP contribution in [0, 0.1) is 41.5 Å². The largest absolute Gasteiger partial charge is 0.279 e. The molecule has 0 saturated heterocycles. The first-order valence-electron chi connectivity index (χ1n) is 13.2. The molecular formula is C34H34BN3. The Kier molecular flexibility index (Phi) is 7.15. The number of rotatable bonds is 6. The van der Waals surface area contributed by atoms with E-state index >= 15 is 0 Å². The van der Waals surface area contributed by atoms with Gasteiger partial charge in [0.05, 0.1) is 0 Å². The molecule has 3 aromatic carbocycles. The fourth-order valence-electron chi connectivity index (χ4n) is 5.94. The molecular weight excluding hydrogens is 461 g/mol. The van der Waals surface area contributed by atoms with Gasteiger partial charge in [0.15, 0.2) is 0 Å². The molecule has 4 heteroatoms. The second-order valence-electron chi connectivity index (χ2n) is 10.4. The zero-order valence-electron chi connectivity index (χ0n) is 23.2. The van der Waals surface area contributed by atoms with Crippen molar-refractivity contribution in [1.82, 2.24) is 9.97 Å². The van der Waals surface area contributed by atoms with Crippen LogP contribution in [0.1, 0.15) is 33.4 Å². The van der Waals surface area contributed by atoms with Gasteiger partial charge in [-0.2, -0.15) is 0 Å². The summed E-state index contributed by atoms with van der Waals surface area (Å²) in [5.74, 6) is 1.68. The summed E-state index contributed by atoms with van der Waals surface area (Å²) >= 11 is 0. The van der Waals surface area contributed by atoms with Crippen LogP contribution in [0.3, 0.4) is 0 Å². The summed E-state index contributed by atoms with van der Waals surface area (Å²) in [7, 11) is 0. The summed E-state index contributed by atoms with van der Waals surface area (Å²) in [6.07, 6.45) is 3.64. The smallest absolute Gasteiger partial charge is 0.242 e. The molecule has 5 aromatic rings. The van der Waals surface area contributed by atoms with Gasteiger partial charge in [-0.1, -0.05) is 98.3 Å². The van der Waals surface area contributed by atoms with Crippen molar-refractivity contribution in [2.45, 2.75) is 41.5 Å². The van der Waals surface area contributed by atoms with Crippen molar-refractivity contribution in [1.29, 1.82) is 0 Å². The number of benzene rings is 3. The molecule has 0 amide bonds. The van der Waals surface area contributed by atoms with Crippen LogP contribution in [0.15, 0.2) is 97.3 Å². The van der Waals surface area contributed by atoms with Crippen molar-refractivity contribution in [3.8, 4) is 0 Å². The minimum atomic E-state index is 0.142. The van der Waals surface area contributed by atoms with Crippen LogP contribution < -0.4 is 21.3 Å². The number of pyridine rings is 2. The second kappa shape index (κ2) is 10.7. The molecule has 0 aliphatic carbocycles. The van der Waals surface area contributed by atoms with E-state index in [1.165, 1.54) is 49.8 Å². The van der Waals surface area contributed by atoms with E-state index in [4.69, 9.17) is 0 Å². The van der Waals surface area contributed by atoms with Crippen LogP contribution in [-0.2, 0) is 0 Å². The Labute approximate surface area is 227 Å². The van der Waals surface area contributed by atoms with Gasteiger partial charge in [-0.05, 0) is 77.9 Å². The molecule has 188 valence electrons. The first-order chi connectivity index (χ1) is 18.3. The molecule has 0 N–H and O–H groups in total. The standard InChI is InChI=1S/C34H34BN3/c1-23-19-25(3)33(26(4)20-23)35(34-27(5)21-24(2)22-28(34)6)29-13-15-30(16-14-29)38(31-11-7-9-17-36-31)32-12-8-10-18-37-32/h7-22H,1-6H3. The van der Waals surface area contributed by atoms with Gasteiger partial charge < -0.3 is 0 Å². The molecule has 0 bridgehead atoms. The fourth-order valence-corrected chi connectivity index (χ4v) is 5.94. The molecule has 0 aliphatic heterocycles. The van der Waals surface area contributed by atoms with Gasteiger partial charge in [-0.3, -0.25) is 4.90 Å². The molecule has 2 aromatic heterocycles. The number of nitrogens with zero attached hydrogens (tertiary/aromatic N) is 3. The summed E-state index contributed by atoms with van der Waals surface area (Å²) in [5.41, 5.74) is 13.0. The van der Waals surface area contributed by atoms with Crippen molar-refractivity contribution < 1.29 is 0 Å². The van der Waals surface area contributed by atoms with Gasteiger partial charge in [0.25, 0.3) is 0 Å². The number of aryl methyl sites for hydroxylation is 6. The monoisotopic (exact) mass is 495 g/mol. The second-order valence-corrected chi connectivity index (χ2v) is 10.4. The van der Waals surface area contributed by atoms with Crippen LogP contribution >= 0.6 is 0 Å². The van der Waals surface area contributed by atoms with E-state index in [0.717, 1.165) is 17.3 Å². The predicted octanol–water partition coefficient (Wildman–Crippen LogP) is 6.31. The predicted molar refractivity (Wildman–Crippen MR) is 163 cm³/mol. The molecule has 0 spiro atoms. The topological polar surface area (TPSA) is 29.0 Å². The lowest BCUT2D eigenvalue weighted by atomic mass is 9.34. The van der Waals surface area contributed by atoms with Gasteiger partial charge in [0.1, 0.15) is 11.6 Å². The number of anilines is 3. The van der Waals surface area contributed by atoms with Crippen molar-refractivity contribution in [2.75, 3.05) is 4.90 Å². The minimum Gasteiger partial charge on any atom is -0.279 e. The lowest BCUT2D eigenvalue weighted by Crippen LogP contribution is -2.55. The zero-order chi connectivity index (χ0) is 26.8. The summed E-state index contributed by atoms with van der Waals surface area (Å²) in [4.78, 5) is 11.4. The Morgan fingerprint density at radius 1 is 0.526 bits per heavy atom. The normalized spacial score (nSPS) is 10.9. The van der Waals surface area contributed by atoms with Crippen LogP contribution in [0.25, 0.3) is 0 Å². The Balaban J connectivity index is 1.68. The quantitative estimate of drug-likeness (QED) is 0.259. The van der Waals surface area contributed by atoms with E-state index in [-0.39, 0.29) is 6.71 Å². The third-order valence-electron chi connectivity index (χ3n) is 7.29. The first-order valence-corrected chi connectivity index (χ1v) is 13.2. The summed E-state index contributed by atoms with van der Waals surface area (Å²) < 4.78 is 0. The summed E-state index contributed by atoms with van der Waals surface area (Å²) in [6.45, 7) is 13.5. The third-order valence-corrected chi connectivity index (χ3v) is 7.29. The van der Waals surface area contributed by atoms with Gasteiger partial charge in [0.2, 0.25) is 6.71 Å². The lowest BCUT2D eigenvalue weighted by Gasteiger charge is -2.26. The van der Waals surface area contributed by atoms with Crippen LogP contribution in [0.2, 0.25) is 0 Å². The molecule has 3 nitrogen and oxygen atoms in total. The van der Waals surface area contributed by atoms with Gasteiger partial charge in [-0.15, -0.1) is 0 Å². The molecule has 0 unspecified atom stereocenters. The lowest BCUT2D eigenvalue weighted by molar-refractivity contribution is 1.13. The Bertz CT molecular complexity index is 1420. The van der Waals surface area contributed by atoms with E-state index < -0.39 is 0 Å². The van der Waals surface area contributed by atoms with Gasteiger partial charge in [0, 0.05) is 18.1 Å². The van der Waals surface area contributed by atoms with Crippen LogP contribution in [0.5, 0.6) is 0 Å². The number of hydrogen-bond acceptors (Lipinski definition) is 3. The molecule has 0 radical (unpaired) electrons. The Morgan fingerprint density at radius 2 is 0.947 bits per heavy atom. The number of aromatic nitrogens is 2. The molecule has 38 heavy (non-hydrogen) atoms. The maximum Gasteiger partial charge on any atom is 0.242 e. The average Bonchev–Trinajstić information content (AvgIpc) is 2.89. The van der Waals surface area contributed by atoms with E-state index in [0.29, 0.717) is 0 Å². The fraction of sp³-hybridized carbons (Fsp3) is 0.176. The van der Waals surface area contributed by atoms with Crippen LogP contribution in [0.4, 0.5) is 17.3 Å². The first kappa shape index (κ1) is 25.5.